The van der Waals surface area contributed by atoms with Gasteiger partial charge in [-0.15, -0.1) is 0 Å². The predicted molar refractivity (Wildman–Crippen MR) is 56.4 cm³/mol. The zero-order chi connectivity index (χ0) is 11.4. The second-order valence-electron chi connectivity index (χ2n) is 4.12. The van der Waals surface area contributed by atoms with Crippen LogP contribution in [0, 0.1) is 5.92 Å². The zero-order valence-corrected chi connectivity index (χ0v) is 9.22. The van der Waals surface area contributed by atoms with E-state index < -0.39 is 0 Å². The smallest absolute Gasteiger partial charge is 0.292 e. The number of aliphatic hydroxyl groups is 1. The number of hydrogen-bond acceptors (Lipinski definition) is 4. The van der Waals surface area contributed by atoms with Gasteiger partial charge in [-0.05, 0) is 18.8 Å². The van der Waals surface area contributed by atoms with E-state index >= 15 is 0 Å². The number of hydrogen-bond donors (Lipinski definition) is 1. The Bertz CT molecular complexity index is 282. The van der Waals surface area contributed by atoms with Gasteiger partial charge in [0.2, 0.25) is 5.76 Å². The number of aliphatic hydroxyl groups excluding tert-OH is 1. The first kappa shape index (κ1) is 11.3. The van der Waals surface area contributed by atoms with Crippen LogP contribution in [0.2, 0.25) is 0 Å². The lowest BCUT2D eigenvalue weighted by Gasteiger charge is -2.31. The second kappa shape index (κ2) is 5.21. The zero-order valence-electron chi connectivity index (χ0n) is 9.22. The summed E-state index contributed by atoms with van der Waals surface area (Å²) in [5, 5.41) is 9.01. The normalized spacial score (nSPS) is 22.1. The van der Waals surface area contributed by atoms with E-state index in [1.807, 2.05) is 0 Å². The van der Waals surface area contributed by atoms with Crippen molar-refractivity contribution in [1.82, 2.24) is 4.90 Å². The van der Waals surface area contributed by atoms with Crippen LogP contribution in [0.25, 0.3) is 0 Å². The van der Waals surface area contributed by atoms with E-state index in [0.717, 1.165) is 12.8 Å². The summed E-state index contributed by atoms with van der Waals surface area (Å²) in [6, 6.07) is 0. The molecular formula is C11H17NO4. The minimum atomic E-state index is -0.101. The molecule has 2 aliphatic heterocycles. The molecule has 2 aliphatic rings. The van der Waals surface area contributed by atoms with Gasteiger partial charge in [0.05, 0.1) is 0 Å². The average Bonchev–Trinajstić information content (AvgIpc) is 2.39. The summed E-state index contributed by atoms with van der Waals surface area (Å²) < 4.78 is 10.3. The van der Waals surface area contributed by atoms with Crippen LogP contribution >= 0.6 is 0 Å². The molecule has 2 rings (SSSR count). The number of amides is 1. The summed E-state index contributed by atoms with van der Waals surface area (Å²) in [5.74, 6) is 0.534. The Kier molecular flexibility index (Phi) is 3.66. The number of likely N-dealkylation sites (tertiary alicyclic amines) is 1. The Morgan fingerprint density at radius 2 is 2.19 bits per heavy atom. The molecule has 0 unspecified atom stereocenters. The number of carbonyl (C=O) groups is 1. The van der Waals surface area contributed by atoms with Crippen LogP contribution in [-0.2, 0) is 14.3 Å². The van der Waals surface area contributed by atoms with E-state index in [1.54, 1.807) is 4.90 Å². The van der Waals surface area contributed by atoms with Crippen molar-refractivity contribution in [2.75, 3.05) is 32.9 Å². The monoisotopic (exact) mass is 227 g/mol. The van der Waals surface area contributed by atoms with Crippen molar-refractivity contribution in [3.05, 3.63) is 12.0 Å². The van der Waals surface area contributed by atoms with Crippen molar-refractivity contribution in [3.8, 4) is 0 Å². The third-order valence-corrected chi connectivity index (χ3v) is 3.02. The number of rotatable bonds is 2. The second-order valence-corrected chi connectivity index (χ2v) is 4.12. The minimum absolute atomic E-state index is 0.101. The Hall–Kier alpha value is -1.23. The summed E-state index contributed by atoms with van der Waals surface area (Å²) >= 11 is 0. The van der Waals surface area contributed by atoms with Crippen LogP contribution in [0.15, 0.2) is 12.0 Å². The SMILES string of the molecule is O=C(C1=COCCO1)N1CCC(CO)CC1. The largest absolute Gasteiger partial charge is 0.494 e. The van der Waals surface area contributed by atoms with Gasteiger partial charge in [-0.3, -0.25) is 4.79 Å². The summed E-state index contributed by atoms with van der Waals surface area (Å²) in [6.07, 6.45) is 3.11. The molecule has 0 saturated carbocycles. The molecule has 0 aromatic heterocycles. The molecule has 1 N–H and O–H groups in total. The van der Waals surface area contributed by atoms with Crippen molar-refractivity contribution in [2.24, 2.45) is 5.92 Å². The van der Waals surface area contributed by atoms with Crippen LogP contribution in [0.5, 0.6) is 0 Å². The van der Waals surface area contributed by atoms with Crippen LogP contribution in [-0.4, -0.2) is 48.8 Å². The highest BCUT2D eigenvalue weighted by Crippen LogP contribution is 2.19. The summed E-state index contributed by atoms with van der Waals surface area (Å²) in [5.41, 5.74) is 0. The number of piperidine rings is 1. The molecule has 0 atom stereocenters. The van der Waals surface area contributed by atoms with E-state index in [2.05, 4.69) is 0 Å². The average molecular weight is 227 g/mol. The topological polar surface area (TPSA) is 59.0 Å². The summed E-state index contributed by atoms with van der Waals surface area (Å²) in [7, 11) is 0. The van der Waals surface area contributed by atoms with Gasteiger partial charge in [0.1, 0.15) is 19.5 Å². The Balaban J connectivity index is 1.88. The Morgan fingerprint density at radius 1 is 1.44 bits per heavy atom. The van der Waals surface area contributed by atoms with Crippen LogP contribution in [0.3, 0.4) is 0 Å². The molecule has 0 radical (unpaired) electrons. The van der Waals surface area contributed by atoms with E-state index in [-0.39, 0.29) is 12.5 Å². The van der Waals surface area contributed by atoms with Gasteiger partial charge in [-0.2, -0.15) is 0 Å². The fourth-order valence-electron chi connectivity index (χ4n) is 1.95. The van der Waals surface area contributed by atoms with Gasteiger partial charge < -0.3 is 19.5 Å². The molecular weight excluding hydrogens is 210 g/mol. The first-order chi connectivity index (χ1) is 7.81. The molecule has 1 fully saturated rings. The highest BCUT2D eigenvalue weighted by molar-refractivity contribution is 5.91. The highest BCUT2D eigenvalue weighted by atomic mass is 16.6. The lowest BCUT2D eigenvalue weighted by Crippen LogP contribution is -2.40. The Labute approximate surface area is 94.6 Å². The van der Waals surface area contributed by atoms with Gasteiger partial charge in [0.25, 0.3) is 5.91 Å². The van der Waals surface area contributed by atoms with E-state index in [4.69, 9.17) is 14.6 Å². The minimum Gasteiger partial charge on any atom is -0.494 e. The van der Waals surface area contributed by atoms with Crippen LogP contribution < -0.4 is 0 Å². The van der Waals surface area contributed by atoms with Crippen molar-refractivity contribution in [1.29, 1.82) is 0 Å². The molecule has 0 bridgehead atoms. The molecule has 0 aromatic rings. The van der Waals surface area contributed by atoms with Crippen molar-refractivity contribution < 1.29 is 19.4 Å². The van der Waals surface area contributed by atoms with Crippen molar-refractivity contribution >= 4 is 5.91 Å². The fraction of sp³-hybridized carbons (Fsp3) is 0.727. The predicted octanol–water partition coefficient (Wildman–Crippen LogP) is 0.105. The molecule has 90 valence electrons. The third kappa shape index (κ3) is 2.47. The van der Waals surface area contributed by atoms with Crippen molar-refractivity contribution in [3.63, 3.8) is 0 Å². The first-order valence-corrected chi connectivity index (χ1v) is 5.66. The van der Waals surface area contributed by atoms with E-state index in [1.165, 1.54) is 6.26 Å². The molecule has 0 aromatic carbocycles. The molecule has 0 spiro atoms. The fourth-order valence-corrected chi connectivity index (χ4v) is 1.95. The highest BCUT2D eigenvalue weighted by Gasteiger charge is 2.26. The van der Waals surface area contributed by atoms with Crippen LogP contribution in [0.1, 0.15) is 12.8 Å². The van der Waals surface area contributed by atoms with Crippen LogP contribution in [0.4, 0.5) is 0 Å². The Morgan fingerprint density at radius 3 is 2.75 bits per heavy atom. The van der Waals surface area contributed by atoms with E-state index in [9.17, 15) is 4.79 Å². The van der Waals surface area contributed by atoms with Crippen molar-refractivity contribution in [2.45, 2.75) is 12.8 Å². The van der Waals surface area contributed by atoms with Gasteiger partial charge in [0, 0.05) is 19.7 Å². The molecule has 5 heteroatoms. The number of carbonyl (C=O) groups excluding carboxylic acids is 1. The molecule has 16 heavy (non-hydrogen) atoms. The maximum Gasteiger partial charge on any atom is 0.292 e. The maximum atomic E-state index is 11.9. The molecule has 0 aliphatic carbocycles. The lowest BCUT2D eigenvalue weighted by atomic mass is 9.98. The molecule has 1 saturated heterocycles. The van der Waals surface area contributed by atoms with Gasteiger partial charge >= 0.3 is 0 Å². The summed E-state index contributed by atoms with van der Waals surface area (Å²) in [6.45, 7) is 2.52. The molecule has 1 amide bonds. The number of nitrogens with zero attached hydrogens (tertiary/aromatic N) is 1. The molecule has 2 heterocycles. The lowest BCUT2D eigenvalue weighted by molar-refractivity contribution is -0.133. The standard InChI is InChI=1S/C11H17NO4/c13-7-9-1-3-12(4-2-9)11(14)10-8-15-5-6-16-10/h8-9,13H,1-7H2. The van der Waals surface area contributed by atoms with E-state index in [0.29, 0.717) is 38.0 Å². The first-order valence-electron chi connectivity index (χ1n) is 5.66. The van der Waals surface area contributed by atoms with Gasteiger partial charge in [0.15, 0.2) is 0 Å². The maximum absolute atomic E-state index is 11.9. The number of ether oxygens (including phenoxy) is 2. The van der Waals surface area contributed by atoms with Gasteiger partial charge in [-0.1, -0.05) is 0 Å². The third-order valence-electron chi connectivity index (χ3n) is 3.02. The molecule has 5 nitrogen and oxygen atoms in total. The quantitative estimate of drug-likeness (QED) is 0.727. The van der Waals surface area contributed by atoms with Gasteiger partial charge in [-0.25, -0.2) is 0 Å². The summed E-state index contributed by atoms with van der Waals surface area (Å²) in [4.78, 5) is 13.7.